The van der Waals surface area contributed by atoms with Gasteiger partial charge < -0.3 is 58.5 Å². The van der Waals surface area contributed by atoms with Gasteiger partial charge in [0.1, 0.15) is 36.2 Å². The fraction of sp³-hybridized carbons (Fsp3) is 0.600. The van der Waals surface area contributed by atoms with Gasteiger partial charge in [-0.2, -0.15) is 0 Å². The molecule has 17 heteroatoms. The Balaban J connectivity index is 1.20. The molecule has 17 atom stereocenters. The van der Waals surface area contributed by atoms with Gasteiger partial charge in [0, 0.05) is 44.1 Å². The molecule has 3 aromatic carbocycles. The summed E-state index contributed by atoms with van der Waals surface area (Å²) in [5, 5.41) is 59.3. The summed E-state index contributed by atoms with van der Waals surface area (Å²) in [5.41, 5.74) is 2.35. The summed E-state index contributed by atoms with van der Waals surface area (Å²) in [6.45, 7) is 11.2. The van der Waals surface area contributed by atoms with Gasteiger partial charge in [0.2, 0.25) is 0 Å². The molecule has 4 heterocycles. The van der Waals surface area contributed by atoms with Gasteiger partial charge in [-0.15, -0.1) is 5.10 Å². The van der Waals surface area contributed by atoms with Crippen LogP contribution >= 0.6 is 0 Å². The lowest BCUT2D eigenvalue weighted by Gasteiger charge is -2.46. The van der Waals surface area contributed by atoms with Crippen molar-refractivity contribution in [1.29, 1.82) is 0 Å². The first-order chi connectivity index (χ1) is 34.4. The predicted octanol–water partition coefficient (Wildman–Crippen LogP) is 5.63. The summed E-state index contributed by atoms with van der Waals surface area (Å²) in [7, 11) is 6.48. The summed E-state index contributed by atoms with van der Waals surface area (Å²) in [6.07, 6.45) is -3.45. The van der Waals surface area contributed by atoms with E-state index in [-0.39, 0.29) is 12.4 Å². The number of aliphatic hydroxyl groups excluding tert-OH is 4. The molecule has 0 aliphatic carbocycles. The maximum Gasteiger partial charge on any atom is 0.308 e. The summed E-state index contributed by atoms with van der Waals surface area (Å²) in [5.74, 6) is -3.11. The summed E-state index contributed by atoms with van der Waals surface area (Å²) < 4.78 is 44.6. The monoisotopic (exact) mass is 1000 g/mol. The maximum absolute atomic E-state index is 14.2. The Bertz CT molecular complexity index is 2500. The van der Waals surface area contributed by atoms with Crippen LogP contribution in [0.1, 0.15) is 67.2 Å². The van der Waals surface area contributed by atoms with E-state index in [0.29, 0.717) is 31.5 Å². The topological polar surface area (TPSA) is 214 Å². The third-order valence-electron chi connectivity index (χ3n) is 15.0. The number of ether oxygens (including phenoxy) is 7. The van der Waals surface area contributed by atoms with E-state index in [0.717, 1.165) is 32.7 Å². The molecule has 7 rings (SSSR count). The lowest BCUT2D eigenvalue weighted by atomic mass is 9.79. The van der Waals surface area contributed by atoms with Gasteiger partial charge in [0.05, 0.1) is 55.8 Å². The smallest absolute Gasteiger partial charge is 0.308 e. The number of aliphatic hydroxyl groups is 4. The number of hydrogen-bond donors (Lipinski definition) is 4. The van der Waals surface area contributed by atoms with E-state index in [2.05, 4.69) is 40.6 Å². The van der Waals surface area contributed by atoms with Gasteiger partial charge in [0.15, 0.2) is 18.4 Å². The van der Waals surface area contributed by atoms with Gasteiger partial charge in [-0.1, -0.05) is 92.2 Å². The number of rotatable bonds is 13. The van der Waals surface area contributed by atoms with Crippen LogP contribution in [-0.4, -0.2) is 167 Å². The predicted molar refractivity (Wildman–Crippen MR) is 270 cm³/mol. The van der Waals surface area contributed by atoms with E-state index in [9.17, 15) is 30.0 Å². The Hall–Kier alpha value is -4.50. The Morgan fingerprint density at radius 3 is 2.18 bits per heavy atom. The number of allylic oxidation sites excluding steroid dienone is 3. The lowest BCUT2D eigenvalue weighted by Crippen LogP contribution is -2.63. The second-order valence-corrected chi connectivity index (χ2v) is 20.3. The number of carbonyl (C=O) groups excluding carboxylic acids is 2. The van der Waals surface area contributed by atoms with Crippen LogP contribution < -0.4 is 0 Å². The quantitative estimate of drug-likeness (QED) is 0.0944. The molecule has 2 saturated heterocycles. The van der Waals surface area contributed by atoms with E-state index in [1.54, 1.807) is 56.6 Å². The summed E-state index contributed by atoms with van der Waals surface area (Å²) in [4.78, 5) is 30.0. The fourth-order valence-electron chi connectivity index (χ4n) is 10.8. The molecule has 394 valence electrons. The van der Waals surface area contributed by atoms with E-state index in [1.165, 1.54) is 14.2 Å². The minimum atomic E-state index is -1.31. The highest BCUT2D eigenvalue weighted by Gasteiger charge is 2.48. The van der Waals surface area contributed by atoms with Gasteiger partial charge in [0.25, 0.3) is 0 Å². The van der Waals surface area contributed by atoms with Crippen molar-refractivity contribution < 1.29 is 63.2 Å². The number of carbonyl (C=O) groups is 2. The van der Waals surface area contributed by atoms with E-state index >= 15 is 0 Å². The van der Waals surface area contributed by atoms with Crippen LogP contribution in [0, 0.1) is 23.7 Å². The second kappa shape index (κ2) is 24.7. The number of benzene rings is 3. The lowest BCUT2D eigenvalue weighted by molar-refractivity contribution is -0.304. The third-order valence-corrected chi connectivity index (χ3v) is 15.0. The van der Waals surface area contributed by atoms with Gasteiger partial charge in [-0.25, -0.2) is 0 Å². The number of hydrogen-bond acceptors (Lipinski definition) is 16. The first-order valence-corrected chi connectivity index (χ1v) is 25.4. The molecule has 3 aliphatic rings. The minimum absolute atomic E-state index is 0.0124. The standard InChI is InChI=1S/C55H76N4O13/c1-11-45-37(29-68-55-53(67-10)52(66-9)49(64)34(6)70-55)24-30(2)20-21-43(60)31(3)25-36(51(32(4)44(61)27-46(62)71-45)72-54-50(65)47(58(7)8)48(63)33(5)69-54)22-23-59-28-42(56-57-59)41-26-35-16-12-13-17-38(35)39-18-14-15-19-40(39)41/h12-21,24,26,28,31-34,36-37,44-45,47-55,61,63-65H,11,22-23,25,27,29H2,1-10H3/t31-,32+,33-,34?,36+,37-,44-,45-,47?,48-,49-,50?,51-,52+,53?,54+,55-/m1/s1. The molecule has 0 spiro atoms. The maximum atomic E-state index is 14.2. The molecule has 4 unspecified atom stereocenters. The molecule has 4 N–H and O–H groups in total. The van der Waals surface area contributed by atoms with Crippen LogP contribution in [0.3, 0.4) is 0 Å². The molecule has 72 heavy (non-hydrogen) atoms. The Morgan fingerprint density at radius 2 is 1.49 bits per heavy atom. The third kappa shape index (κ3) is 12.5. The Morgan fingerprint density at radius 1 is 0.819 bits per heavy atom. The van der Waals surface area contributed by atoms with E-state index in [4.69, 9.17) is 33.2 Å². The van der Waals surface area contributed by atoms with Crippen LogP contribution in [0.5, 0.6) is 0 Å². The van der Waals surface area contributed by atoms with E-state index < -0.39 is 116 Å². The molecule has 17 nitrogen and oxygen atoms in total. The van der Waals surface area contributed by atoms with Crippen LogP contribution in [0.15, 0.2) is 84.6 Å². The van der Waals surface area contributed by atoms with Crippen molar-refractivity contribution in [3.05, 3.63) is 84.6 Å². The van der Waals surface area contributed by atoms with Crippen molar-refractivity contribution in [2.24, 2.45) is 23.7 Å². The molecule has 1 aromatic heterocycles. The molecule has 3 aliphatic heterocycles. The zero-order valence-corrected chi connectivity index (χ0v) is 43.3. The first kappa shape index (κ1) is 55.3. The second-order valence-electron chi connectivity index (χ2n) is 20.3. The molecular formula is C55H76N4O13. The normalized spacial score (nSPS) is 34.7. The van der Waals surface area contributed by atoms with E-state index in [1.807, 2.05) is 57.3 Å². The van der Waals surface area contributed by atoms with Gasteiger partial charge >= 0.3 is 5.97 Å². The highest BCUT2D eigenvalue weighted by molar-refractivity contribution is 6.13. The minimum Gasteiger partial charge on any atom is -0.462 e. The van der Waals surface area contributed by atoms with Crippen molar-refractivity contribution in [2.75, 3.05) is 34.9 Å². The number of likely N-dealkylation sites (N-methyl/N-ethyl adjacent to an activating group) is 1. The molecule has 0 amide bonds. The first-order valence-electron chi connectivity index (χ1n) is 25.4. The van der Waals surface area contributed by atoms with Crippen LogP contribution in [0.25, 0.3) is 32.8 Å². The molecule has 4 aromatic rings. The average Bonchev–Trinajstić information content (AvgIpc) is 3.84. The Labute approximate surface area is 423 Å². The fourth-order valence-corrected chi connectivity index (χ4v) is 10.8. The van der Waals surface area contributed by atoms with Crippen molar-refractivity contribution in [2.45, 2.75) is 153 Å². The molecule has 2 fully saturated rings. The SMILES string of the molecule is CC[C@H]1OC(=O)C[C@@H](O)[C@H](C)[C@@H](O[C@@H]2O[C@H](C)[C@@H](O)C(N(C)C)C2O)[C@@H](CCn2cc(-c3cc4ccccc4c4ccccc34)nn2)C[C@@H](C)C(=O)C=CC(C)=C[C@@H]1CO[C@@H]1OC(C)[C@@H](O)[C@H](OC)C1OC. The number of esters is 1. The van der Waals surface area contributed by atoms with Gasteiger partial charge in [-0.05, 0) is 93.7 Å². The van der Waals surface area contributed by atoms with Crippen LogP contribution in [0.2, 0.25) is 0 Å². The van der Waals surface area contributed by atoms with Crippen LogP contribution in [0.4, 0.5) is 0 Å². The summed E-state index contributed by atoms with van der Waals surface area (Å²) >= 11 is 0. The van der Waals surface area contributed by atoms with Crippen molar-refractivity contribution >= 4 is 33.3 Å². The number of aromatic nitrogens is 3. The molecule has 0 radical (unpaired) electrons. The Kier molecular flexibility index (Phi) is 18.9. The number of cyclic esters (lactones) is 1. The van der Waals surface area contributed by atoms with Crippen LogP contribution in [-0.2, 0) is 49.3 Å². The molecule has 0 bridgehead atoms. The average molecular weight is 1000 g/mol. The molecular weight excluding hydrogens is 925 g/mol. The van der Waals surface area contributed by atoms with Crippen molar-refractivity contribution in [3.63, 3.8) is 0 Å². The largest absolute Gasteiger partial charge is 0.462 e. The number of nitrogens with zero attached hydrogens (tertiary/aromatic N) is 4. The highest BCUT2D eigenvalue weighted by Crippen LogP contribution is 2.37. The van der Waals surface area contributed by atoms with Gasteiger partial charge in [-0.3, -0.25) is 14.3 Å². The zero-order valence-electron chi connectivity index (χ0n) is 43.3. The highest BCUT2D eigenvalue weighted by atomic mass is 16.7. The number of aryl methyl sites for hydroxylation is 1. The number of fused-ring (bicyclic) bond motifs is 3. The molecule has 0 saturated carbocycles. The number of methoxy groups -OCH3 is 2. The zero-order chi connectivity index (χ0) is 52.0. The number of ketones is 1. The van der Waals surface area contributed by atoms with Crippen molar-refractivity contribution in [3.8, 4) is 11.3 Å². The summed E-state index contributed by atoms with van der Waals surface area (Å²) in [6, 6.07) is 17.8. The van der Waals surface area contributed by atoms with Crippen molar-refractivity contribution in [1.82, 2.24) is 19.9 Å².